The molecule has 0 atom stereocenters. The number of hydrogen-bond donors (Lipinski definition) is 0. The van der Waals surface area contributed by atoms with Crippen LogP contribution in [0.25, 0.3) is 0 Å². The Balaban J connectivity index is 4.21. The molecule has 0 aromatic rings. The maximum Gasteiger partial charge on any atom is 0.500 e. The normalized spacial score (nSPS) is 13.0. The highest BCUT2D eigenvalue weighted by atomic mass is 35.6. The van der Waals surface area contributed by atoms with Crippen LogP contribution in [0.1, 0.15) is 40.0 Å². The molecule has 0 aliphatic carbocycles. The van der Waals surface area contributed by atoms with Gasteiger partial charge in [-0.25, -0.2) is 0 Å². The molecule has 0 aromatic carbocycles. The number of hydrogen-bond acceptors (Lipinski definition) is 3. The van der Waals surface area contributed by atoms with Gasteiger partial charge in [-0.15, -0.1) is 0 Å². The predicted octanol–water partition coefficient (Wildman–Crippen LogP) is 4.58. The zero-order valence-electron chi connectivity index (χ0n) is 11.3. The second-order valence-corrected chi connectivity index (χ2v) is 9.05. The van der Waals surface area contributed by atoms with Gasteiger partial charge < -0.3 is 13.3 Å². The summed E-state index contributed by atoms with van der Waals surface area (Å²) in [7, 11) is -2.52. The molecule has 0 spiro atoms. The smallest absolute Gasteiger partial charge is 0.374 e. The minimum Gasteiger partial charge on any atom is -0.374 e. The lowest BCUT2D eigenvalue weighted by Crippen LogP contribution is -2.45. The third kappa shape index (κ3) is 8.96. The molecule has 0 N–H and O–H groups in total. The van der Waals surface area contributed by atoms with Gasteiger partial charge in [0.2, 0.25) is 0 Å². The van der Waals surface area contributed by atoms with E-state index in [1.807, 2.05) is 20.8 Å². The van der Waals surface area contributed by atoms with E-state index in [0.29, 0.717) is 26.2 Å². The number of alkyl halides is 3. The fraction of sp³-hybridized carbons (Fsp3) is 1.00. The van der Waals surface area contributed by atoms with Crippen LogP contribution in [0.2, 0.25) is 6.04 Å². The second-order valence-electron chi connectivity index (χ2n) is 3.80. The average molecular weight is 338 g/mol. The number of unbranched alkanes of at least 4 members (excludes halogenated alkanes) is 1. The molecule has 0 unspecified atom stereocenters. The molecule has 0 aromatic heterocycles. The van der Waals surface area contributed by atoms with Gasteiger partial charge >= 0.3 is 8.80 Å². The Morgan fingerprint density at radius 3 is 1.61 bits per heavy atom. The van der Waals surface area contributed by atoms with Crippen LogP contribution in [-0.2, 0) is 13.3 Å². The van der Waals surface area contributed by atoms with E-state index in [1.54, 1.807) is 0 Å². The van der Waals surface area contributed by atoms with Gasteiger partial charge in [0, 0.05) is 25.9 Å². The third-order valence-electron chi connectivity index (χ3n) is 2.29. The molecule has 0 bridgehead atoms. The molecular formula is C11H23Cl3O3Si. The summed E-state index contributed by atoms with van der Waals surface area (Å²) in [6.07, 6.45) is 2.23. The lowest BCUT2D eigenvalue weighted by molar-refractivity contribution is 0.0706. The van der Waals surface area contributed by atoms with E-state index in [2.05, 4.69) is 0 Å². The highest BCUT2D eigenvalue weighted by molar-refractivity contribution is 6.67. The molecule has 7 heteroatoms. The first kappa shape index (κ1) is 19.0. The Kier molecular flexibility index (Phi) is 10.3. The van der Waals surface area contributed by atoms with Crippen LogP contribution in [0.3, 0.4) is 0 Å². The summed E-state index contributed by atoms with van der Waals surface area (Å²) in [5.41, 5.74) is 0. The summed E-state index contributed by atoms with van der Waals surface area (Å²) < 4.78 is 16.0. The minimum absolute atomic E-state index is 0.534. The van der Waals surface area contributed by atoms with Crippen LogP contribution in [0, 0.1) is 0 Å². The highest BCUT2D eigenvalue weighted by Gasteiger charge is 2.39. The molecule has 0 amide bonds. The van der Waals surface area contributed by atoms with Crippen molar-refractivity contribution in [1.29, 1.82) is 0 Å². The molecule has 18 heavy (non-hydrogen) atoms. The Labute approximate surface area is 126 Å². The molecular weight excluding hydrogens is 315 g/mol. The second kappa shape index (κ2) is 9.81. The molecule has 0 saturated heterocycles. The van der Waals surface area contributed by atoms with Crippen molar-refractivity contribution in [2.75, 3.05) is 19.8 Å². The predicted molar refractivity (Wildman–Crippen MR) is 79.6 cm³/mol. The van der Waals surface area contributed by atoms with Crippen molar-refractivity contribution < 1.29 is 13.3 Å². The standard InChI is InChI=1S/C11H23Cl3O3Si/c1-4-15-18(16-5-2,17-6-3)10-8-7-9-11(12,13)14/h4-10H2,1-3H3. The molecule has 0 saturated carbocycles. The summed E-state index contributed by atoms with van der Waals surface area (Å²) in [4.78, 5) is 0. The van der Waals surface area contributed by atoms with Gasteiger partial charge in [-0.3, -0.25) is 0 Å². The first-order valence-corrected chi connectivity index (χ1v) is 9.44. The fourth-order valence-corrected chi connectivity index (χ4v) is 4.75. The van der Waals surface area contributed by atoms with E-state index in [-0.39, 0.29) is 0 Å². The molecule has 3 nitrogen and oxygen atoms in total. The van der Waals surface area contributed by atoms with Crippen molar-refractivity contribution in [2.24, 2.45) is 0 Å². The molecule has 110 valence electrons. The monoisotopic (exact) mass is 336 g/mol. The Morgan fingerprint density at radius 1 is 0.833 bits per heavy atom. The molecule has 0 heterocycles. The SMILES string of the molecule is CCO[Si](CCCCC(Cl)(Cl)Cl)(OCC)OCC. The fourth-order valence-electron chi connectivity index (χ4n) is 1.67. The van der Waals surface area contributed by atoms with Gasteiger partial charge in [0.15, 0.2) is 3.79 Å². The van der Waals surface area contributed by atoms with Crippen molar-refractivity contribution in [2.45, 2.75) is 49.9 Å². The van der Waals surface area contributed by atoms with Gasteiger partial charge in [0.05, 0.1) is 0 Å². The molecule has 0 aliphatic heterocycles. The van der Waals surface area contributed by atoms with Crippen LogP contribution in [-0.4, -0.2) is 32.4 Å². The highest BCUT2D eigenvalue weighted by Crippen LogP contribution is 2.32. The molecule has 0 radical (unpaired) electrons. The Hall–Kier alpha value is 0.967. The summed E-state index contributed by atoms with van der Waals surface area (Å²) in [5, 5.41) is 0. The van der Waals surface area contributed by atoms with Gasteiger partial charge in [-0.05, 0) is 40.0 Å². The zero-order chi connectivity index (χ0) is 14.1. The van der Waals surface area contributed by atoms with Crippen molar-refractivity contribution in [1.82, 2.24) is 0 Å². The number of halogens is 3. The van der Waals surface area contributed by atoms with Crippen LogP contribution in [0.4, 0.5) is 0 Å². The maximum absolute atomic E-state index is 5.74. The zero-order valence-corrected chi connectivity index (χ0v) is 14.6. The molecule has 0 rings (SSSR count). The first-order chi connectivity index (χ1) is 8.39. The maximum atomic E-state index is 5.74. The lowest BCUT2D eigenvalue weighted by Gasteiger charge is -2.28. The van der Waals surface area contributed by atoms with Crippen LogP contribution in [0.15, 0.2) is 0 Å². The van der Waals surface area contributed by atoms with Gasteiger partial charge in [0.25, 0.3) is 0 Å². The van der Waals surface area contributed by atoms with E-state index in [0.717, 1.165) is 18.9 Å². The largest absolute Gasteiger partial charge is 0.500 e. The summed E-state index contributed by atoms with van der Waals surface area (Å²) in [6.45, 7) is 7.62. The van der Waals surface area contributed by atoms with Crippen LogP contribution < -0.4 is 0 Å². The van der Waals surface area contributed by atoms with E-state index < -0.39 is 12.6 Å². The van der Waals surface area contributed by atoms with Crippen molar-refractivity contribution >= 4 is 43.6 Å². The lowest BCUT2D eigenvalue weighted by atomic mass is 10.3. The minimum atomic E-state index is -2.52. The van der Waals surface area contributed by atoms with E-state index >= 15 is 0 Å². The van der Waals surface area contributed by atoms with E-state index in [1.165, 1.54) is 0 Å². The molecule has 0 fully saturated rings. The Morgan fingerprint density at radius 2 is 1.28 bits per heavy atom. The quantitative estimate of drug-likeness (QED) is 0.332. The van der Waals surface area contributed by atoms with Crippen LogP contribution >= 0.6 is 34.8 Å². The van der Waals surface area contributed by atoms with Crippen LogP contribution in [0.5, 0.6) is 0 Å². The van der Waals surface area contributed by atoms with Gasteiger partial charge in [-0.1, -0.05) is 34.8 Å². The third-order valence-corrected chi connectivity index (χ3v) is 6.00. The van der Waals surface area contributed by atoms with Gasteiger partial charge in [0.1, 0.15) is 0 Å². The van der Waals surface area contributed by atoms with Gasteiger partial charge in [-0.2, -0.15) is 0 Å². The first-order valence-electron chi connectivity index (χ1n) is 6.37. The topological polar surface area (TPSA) is 27.7 Å². The summed E-state index contributed by atoms with van der Waals surface area (Å²) in [5.74, 6) is 0. The van der Waals surface area contributed by atoms with Crippen molar-refractivity contribution in [3.8, 4) is 0 Å². The van der Waals surface area contributed by atoms with Crippen molar-refractivity contribution in [3.63, 3.8) is 0 Å². The Bertz CT molecular complexity index is 195. The number of rotatable bonds is 10. The van der Waals surface area contributed by atoms with E-state index in [9.17, 15) is 0 Å². The average Bonchev–Trinajstić information content (AvgIpc) is 2.24. The molecule has 0 aliphatic rings. The summed E-state index contributed by atoms with van der Waals surface area (Å²) in [6, 6.07) is 0.767. The van der Waals surface area contributed by atoms with E-state index in [4.69, 9.17) is 48.1 Å². The van der Waals surface area contributed by atoms with Crippen molar-refractivity contribution in [3.05, 3.63) is 0 Å². The summed E-state index contributed by atoms with van der Waals surface area (Å²) >= 11 is 17.1.